The van der Waals surface area contributed by atoms with Crippen molar-refractivity contribution in [2.45, 2.75) is 11.6 Å². The molecule has 0 unspecified atom stereocenters. The number of piperazine rings is 1. The van der Waals surface area contributed by atoms with Gasteiger partial charge in [0, 0.05) is 57.1 Å². The van der Waals surface area contributed by atoms with Crippen molar-refractivity contribution < 1.29 is 9.18 Å². The number of thioether (sulfide) groups is 1. The molecule has 0 saturated carbocycles. The van der Waals surface area contributed by atoms with Crippen LogP contribution in [-0.2, 0) is 11.2 Å². The van der Waals surface area contributed by atoms with Gasteiger partial charge in [0.1, 0.15) is 16.8 Å². The van der Waals surface area contributed by atoms with Gasteiger partial charge in [0.25, 0.3) is 0 Å². The summed E-state index contributed by atoms with van der Waals surface area (Å²) in [5.74, 6) is 0.595. The number of carbonyl (C=O) groups is 1. The van der Waals surface area contributed by atoms with Crippen LogP contribution in [0, 0.1) is 5.82 Å². The smallest absolute Gasteiger partial charge is 0.230 e. The highest BCUT2D eigenvalue weighted by atomic mass is 35.5. The van der Waals surface area contributed by atoms with Crippen molar-refractivity contribution in [2.24, 2.45) is 0 Å². The molecule has 4 rings (SSSR count). The van der Waals surface area contributed by atoms with Crippen molar-refractivity contribution in [1.82, 2.24) is 20.3 Å². The average molecular weight is 487 g/mol. The maximum Gasteiger partial charge on any atom is 0.230 e. The van der Waals surface area contributed by atoms with E-state index in [-0.39, 0.29) is 17.5 Å². The summed E-state index contributed by atoms with van der Waals surface area (Å²) in [6.07, 6.45) is 2.41. The van der Waals surface area contributed by atoms with Gasteiger partial charge in [-0.3, -0.25) is 9.78 Å². The number of halogens is 2. The highest BCUT2D eigenvalue weighted by molar-refractivity contribution is 7.99. The molecule has 10 heteroatoms. The number of nitrogens with zero attached hydrogens (tertiary/aromatic N) is 5. The molecule has 1 saturated heterocycles. The van der Waals surface area contributed by atoms with Gasteiger partial charge in [-0.15, -0.1) is 0 Å². The zero-order chi connectivity index (χ0) is 23.0. The van der Waals surface area contributed by atoms with Gasteiger partial charge in [-0.1, -0.05) is 41.6 Å². The minimum absolute atomic E-state index is 0.0976. The van der Waals surface area contributed by atoms with Crippen LogP contribution >= 0.6 is 23.4 Å². The number of anilines is 2. The lowest BCUT2D eigenvalue weighted by Gasteiger charge is -2.36. The molecule has 2 aromatic heterocycles. The number of hydrogen-bond donors (Lipinski definition) is 1. The molecule has 1 aliphatic heterocycles. The number of para-hydroxylation sites is 1. The van der Waals surface area contributed by atoms with E-state index in [0.29, 0.717) is 61.0 Å². The van der Waals surface area contributed by atoms with Gasteiger partial charge in [0.05, 0.1) is 11.4 Å². The second-order valence-electron chi connectivity index (χ2n) is 7.47. The van der Waals surface area contributed by atoms with Crippen LogP contribution in [0.25, 0.3) is 0 Å². The Kier molecular flexibility index (Phi) is 7.96. The standard InChI is InChI=1S/C23H24ClFN6OS/c24-20-15-21(31-13-11-30(12-14-31)19-7-2-1-6-18(19)25)29-23(28-20)33-16-22(32)27-10-8-17-5-3-4-9-26-17/h1-7,9,15H,8,10-14,16H2,(H,27,32). The number of amides is 1. The lowest BCUT2D eigenvalue weighted by molar-refractivity contribution is -0.118. The van der Waals surface area contributed by atoms with Crippen LogP contribution < -0.4 is 15.1 Å². The Morgan fingerprint density at radius 2 is 1.82 bits per heavy atom. The SMILES string of the molecule is O=C(CSc1nc(Cl)cc(N2CCN(c3ccccc3F)CC2)n1)NCCc1ccccn1. The van der Waals surface area contributed by atoms with Gasteiger partial charge < -0.3 is 15.1 Å². The molecule has 0 spiro atoms. The van der Waals surface area contributed by atoms with E-state index in [0.717, 1.165) is 5.69 Å². The van der Waals surface area contributed by atoms with Crippen LogP contribution in [0.5, 0.6) is 0 Å². The Bertz CT molecular complexity index is 1080. The quantitative estimate of drug-likeness (QED) is 0.297. The third-order valence-electron chi connectivity index (χ3n) is 5.22. The molecular weight excluding hydrogens is 463 g/mol. The number of aromatic nitrogens is 3. The van der Waals surface area contributed by atoms with Crippen molar-refractivity contribution >= 4 is 40.8 Å². The third-order valence-corrected chi connectivity index (χ3v) is 6.26. The van der Waals surface area contributed by atoms with Gasteiger partial charge >= 0.3 is 0 Å². The number of benzene rings is 1. The molecule has 0 radical (unpaired) electrons. The number of pyridine rings is 1. The highest BCUT2D eigenvalue weighted by Gasteiger charge is 2.21. The first-order valence-corrected chi connectivity index (χ1v) is 12.0. The Morgan fingerprint density at radius 3 is 2.58 bits per heavy atom. The van der Waals surface area contributed by atoms with E-state index in [2.05, 4.69) is 25.2 Å². The molecule has 0 bridgehead atoms. The summed E-state index contributed by atoms with van der Waals surface area (Å²) < 4.78 is 14.1. The van der Waals surface area contributed by atoms with E-state index in [4.69, 9.17) is 11.6 Å². The molecular formula is C23H24ClFN6OS. The minimum Gasteiger partial charge on any atom is -0.366 e. The van der Waals surface area contributed by atoms with E-state index >= 15 is 0 Å². The summed E-state index contributed by atoms with van der Waals surface area (Å²) in [5.41, 5.74) is 1.55. The van der Waals surface area contributed by atoms with Crippen molar-refractivity contribution in [1.29, 1.82) is 0 Å². The molecule has 3 aromatic rings. The molecule has 1 N–H and O–H groups in total. The number of hydrogen-bond acceptors (Lipinski definition) is 7. The van der Waals surface area contributed by atoms with Crippen LogP contribution in [0.1, 0.15) is 5.69 Å². The Labute approximate surface area is 201 Å². The monoisotopic (exact) mass is 486 g/mol. The summed E-state index contributed by atoms with van der Waals surface area (Å²) in [4.78, 5) is 29.4. The zero-order valence-electron chi connectivity index (χ0n) is 18.0. The highest BCUT2D eigenvalue weighted by Crippen LogP contribution is 2.25. The van der Waals surface area contributed by atoms with Gasteiger partial charge in [-0.25, -0.2) is 14.4 Å². The van der Waals surface area contributed by atoms with E-state index in [1.54, 1.807) is 24.4 Å². The van der Waals surface area contributed by atoms with E-state index in [1.165, 1.54) is 17.8 Å². The van der Waals surface area contributed by atoms with Crippen LogP contribution in [0.3, 0.4) is 0 Å². The maximum atomic E-state index is 14.1. The first-order chi connectivity index (χ1) is 16.1. The number of nitrogens with one attached hydrogen (secondary N) is 1. The Morgan fingerprint density at radius 1 is 1.06 bits per heavy atom. The normalized spacial score (nSPS) is 13.8. The number of rotatable bonds is 8. The zero-order valence-corrected chi connectivity index (χ0v) is 19.5. The molecule has 0 atom stereocenters. The summed E-state index contributed by atoms with van der Waals surface area (Å²) in [6.45, 7) is 3.22. The van der Waals surface area contributed by atoms with Gasteiger partial charge in [-0.2, -0.15) is 0 Å². The molecule has 7 nitrogen and oxygen atoms in total. The summed E-state index contributed by atoms with van der Waals surface area (Å²) in [7, 11) is 0. The first kappa shape index (κ1) is 23.3. The molecule has 172 valence electrons. The van der Waals surface area contributed by atoms with Gasteiger partial charge in [-0.05, 0) is 24.3 Å². The maximum absolute atomic E-state index is 14.1. The van der Waals surface area contributed by atoms with Gasteiger partial charge in [0.15, 0.2) is 5.16 Å². The summed E-state index contributed by atoms with van der Waals surface area (Å²) in [6, 6.07) is 14.2. The third kappa shape index (κ3) is 6.55. The van der Waals surface area contributed by atoms with E-state index in [9.17, 15) is 9.18 Å². The fourth-order valence-electron chi connectivity index (χ4n) is 3.55. The van der Waals surface area contributed by atoms with Crippen LogP contribution in [0.2, 0.25) is 5.15 Å². The molecule has 33 heavy (non-hydrogen) atoms. The summed E-state index contributed by atoms with van der Waals surface area (Å²) in [5, 5.41) is 3.67. The number of carbonyl (C=O) groups excluding carboxylic acids is 1. The molecule has 1 aromatic carbocycles. The fourth-order valence-corrected chi connectivity index (χ4v) is 4.46. The largest absolute Gasteiger partial charge is 0.366 e. The predicted molar refractivity (Wildman–Crippen MR) is 130 cm³/mol. The second-order valence-corrected chi connectivity index (χ2v) is 8.80. The van der Waals surface area contributed by atoms with Crippen molar-refractivity contribution in [3.8, 4) is 0 Å². The van der Waals surface area contributed by atoms with E-state index < -0.39 is 0 Å². The first-order valence-electron chi connectivity index (χ1n) is 10.7. The van der Waals surface area contributed by atoms with Crippen molar-refractivity contribution in [3.05, 3.63) is 71.4 Å². The fraction of sp³-hybridized carbons (Fsp3) is 0.304. The topological polar surface area (TPSA) is 74.2 Å². The van der Waals surface area contributed by atoms with Crippen LogP contribution in [-0.4, -0.2) is 59.3 Å². The van der Waals surface area contributed by atoms with Crippen molar-refractivity contribution in [3.63, 3.8) is 0 Å². The Hall–Kier alpha value is -2.91. The molecule has 1 fully saturated rings. The second kappa shape index (κ2) is 11.3. The molecule has 3 heterocycles. The van der Waals surface area contributed by atoms with Crippen LogP contribution in [0.15, 0.2) is 59.9 Å². The average Bonchev–Trinajstić information content (AvgIpc) is 2.84. The Balaban J connectivity index is 1.28. The predicted octanol–water partition coefficient (Wildman–Crippen LogP) is 3.44. The summed E-state index contributed by atoms with van der Waals surface area (Å²) >= 11 is 7.47. The van der Waals surface area contributed by atoms with Crippen LogP contribution in [0.4, 0.5) is 15.9 Å². The van der Waals surface area contributed by atoms with Gasteiger partial charge in [0.2, 0.25) is 5.91 Å². The van der Waals surface area contributed by atoms with Crippen molar-refractivity contribution in [2.75, 3.05) is 48.3 Å². The molecule has 1 amide bonds. The molecule has 0 aliphatic carbocycles. The minimum atomic E-state index is -0.215. The lowest BCUT2D eigenvalue weighted by Crippen LogP contribution is -2.47. The molecule has 1 aliphatic rings. The lowest BCUT2D eigenvalue weighted by atomic mass is 10.2. The van der Waals surface area contributed by atoms with E-state index in [1.807, 2.05) is 29.2 Å².